The van der Waals surface area contributed by atoms with Gasteiger partial charge in [0.1, 0.15) is 0 Å². The van der Waals surface area contributed by atoms with Crippen molar-refractivity contribution in [2.24, 2.45) is 0 Å². The third-order valence-corrected chi connectivity index (χ3v) is 6.21. The van der Waals surface area contributed by atoms with Gasteiger partial charge < -0.3 is 5.32 Å². The van der Waals surface area contributed by atoms with Gasteiger partial charge in [0.05, 0.1) is 0 Å². The van der Waals surface area contributed by atoms with Gasteiger partial charge in [0.15, 0.2) is 5.78 Å². The average Bonchev–Trinajstić information content (AvgIpc) is 3.40. The largest absolute Gasteiger partial charge is 0.307 e. The number of hydrogen-bond donors (Lipinski definition) is 1. The van der Waals surface area contributed by atoms with Crippen molar-refractivity contribution in [3.63, 3.8) is 0 Å². The maximum Gasteiger partial charge on any atom is 0.167 e. The highest BCUT2D eigenvalue weighted by molar-refractivity contribution is 5.97. The van der Waals surface area contributed by atoms with E-state index in [1.54, 1.807) is 0 Å². The fourth-order valence-corrected chi connectivity index (χ4v) is 4.53. The van der Waals surface area contributed by atoms with E-state index in [1.165, 1.54) is 36.0 Å². The van der Waals surface area contributed by atoms with E-state index in [2.05, 4.69) is 53.8 Å². The lowest BCUT2D eigenvalue weighted by Gasteiger charge is -2.14. The summed E-state index contributed by atoms with van der Waals surface area (Å²) in [5, 5.41) is 3.87. The van der Waals surface area contributed by atoms with Crippen molar-refractivity contribution < 1.29 is 4.79 Å². The molecule has 3 aromatic carbocycles. The Hall–Kier alpha value is -2.71. The lowest BCUT2D eigenvalue weighted by Crippen LogP contribution is -2.22. The summed E-state index contributed by atoms with van der Waals surface area (Å²) in [6.45, 7) is 0. The Kier molecular flexibility index (Phi) is 4.58. The van der Waals surface area contributed by atoms with Crippen LogP contribution in [0.5, 0.6) is 0 Å². The smallest absolute Gasteiger partial charge is 0.167 e. The first kappa shape index (κ1) is 17.4. The van der Waals surface area contributed by atoms with E-state index in [0.29, 0.717) is 24.4 Å². The molecule has 2 nitrogen and oxygen atoms in total. The molecule has 0 amide bonds. The molecule has 0 heterocycles. The summed E-state index contributed by atoms with van der Waals surface area (Å²) in [5.41, 5.74) is 6.26. The van der Waals surface area contributed by atoms with Gasteiger partial charge in [-0.1, -0.05) is 78.9 Å². The van der Waals surface area contributed by atoms with Crippen molar-refractivity contribution in [1.29, 1.82) is 0 Å². The summed E-state index contributed by atoms with van der Waals surface area (Å²) in [4.78, 5) is 12.4. The van der Waals surface area contributed by atoms with Gasteiger partial charge in [-0.15, -0.1) is 0 Å². The van der Waals surface area contributed by atoms with Crippen LogP contribution in [-0.2, 0) is 12.8 Å². The van der Waals surface area contributed by atoms with Gasteiger partial charge in [-0.2, -0.15) is 0 Å². The van der Waals surface area contributed by atoms with Gasteiger partial charge in [0.2, 0.25) is 0 Å². The lowest BCUT2D eigenvalue weighted by molar-refractivity contribution is 0.0993. The van der Waals surface area contributed by atoms with Crippen molar-refractivity contribution >= 4 is 5.78 Å². The van der Waals surface area contributed by atoms with E-state index < -0.39 is 0 Å². The van der Waals surface area contributed by atoms with Gasteiger partial charge in [-0.05, 0) is 41.5 Å². The van der Waals surface area contributed by atoms with Crippen molar-refractivity contribution in [3.8, 4) is 0 Å². The first-order valence-corrected chi connectivity index (χ1v) is 10.3. The van der Waals surface area contributed by atoms with E-state index in [4.69, 9.17) is 0 Å². The molecule has 3 atom stereocenters. The van der Waals surface area contributed by atoms with E-state index in [0.717, 1.165) is 11.1 Å². The maximum atomic E-state index is 12.4. The summed E-state index contributed by atoms with van der Waals surface area (Å²) in [5.74, 6) is 0.783. The second kappa shape index (κ2) is 7.37. The van der Waals surface area contributed by atoms with Gasteiger partial charge in [0.25, 0.3) is 0 Å². The van der Waals surface area contributed by atoms with Crippen molar-refractivity contribution in [1.82, 2.24) is 5.32 Å². The molecule has 5 rings (SSSR count). The molecular formula is C26H25NO. The number of rotatable bonds is 6. The highest BCUT2D eigenvalue weighted by atomic mass is 16.1. The zero-order valence-corrected chi connectivity index (χ0v) is 16.0. The Morgan fingerprint density at radius 3 is 2.46 bits per heavy atom. The second-order valence-corrected chi connectivity index (χ2v) is 8.11. The molecule has 1 fully saturated rings. The van der Waals surface area contributed by atoms with Crippen LogP contribution in [-0.4, -0.2) is 11.8 Å². The van der Waals surface area contributed by atoms with Gasteiger partial charge in [-0.3, -0.25) is 4.79 Å². The van der Waals surface area contributed by atoms with Crippen LogP contribution in [0.15, 0.2) is 78.9 Å². The van der Waals surface area contributed by atoms with Crippen molar-refractivity contribution in [3.05, 3.63) is 107 Å². The third kappa shape index (κ3) is 3.53. The fourth-order valence-electron chi connectivity index (χ4n) is 4.53. The molecule has 0 spiro atoms. The van der Waals surface area contributed by atoms with E-state index in [9.17, 15) is 4.79 Å². The minimum atomic E-state index is 0.180. The molecule has 28 heavy (non-hydrogen) atoms. The number of carbonyl (C=O) groups is 1. The third-order valence-electron chi connectivity index (χ3n) is 6.21. The topological polar surface area (TPSA) is 29.1 Å². The summed E-state index contributed by atoms with van der Waals surface area (Å²) < 4.78 is 0. The Bertz CT molecular complexity index is 977. The fraction of sp³-hybridized carbons (Fsp3) is 0.269. The number of hydrogen-bond acceptors (Lipinski definition) is 2. The molecular weight excluding hydrogens is 342 g/mol. The van der Waals surface area contributed by atoms with E-state index in [1.807, 2.05) is 30.3 Å². The Morgan fingerprint density at radius 1 is 0.893 bits per heavy atom. The molecule has 3 aromatic rings. The van der Waals surface area contributed by atoms with Crippen LogP contribution in [0.3, 0.4) is 0 Å². The SMILES string of the molecule is O=C(Cc1ccc(C2CC2NC2CCc3ccccc32)cc1)c1ccccc1. The number of fused-ring (bicyclic) bond motifs is 1. The zero-order chi connectivity index (χ0) is 18.9. The summed E-state index contributed by atoms with van der Waals surface area (Å²) in [7, 11) is 0. The Balaban J connectivity index is 1.19. The molecule has 0 saturated heterocycles. The lowest BCUT2D eigenvalue weighted by atomic mass is 10.0. The maximum absolute atomic E-state index is 12.4. The predicted molar refractivity (Wildman–Crippen MR) is 113 cm³/mol. The molecule has 0 aromatic heterocycles. The number of nitrogens with one attached hydrogen (secondary N) is 1. The molecule has 1 N–H and O–H groups in total. The molecule has 0 aliphatic heterocycles. The molecule has 2 aliphatic carbocycles. The van der Waals surface area contributed by atoms with Crippen LogP contribution in [0.25, 0.3) is 0 Å². The first-order valence-electron chi connectivity index (χ1n) is 10.3. The highest BCUT2D eigenvalue weighted by Gasteiger charge is 2.40. The zero-order valence-electron chi connectivity index (χ0n) is 16.0. The minimum Gasteiger partial charge on any atom is -0.307 e. The molecule has 0 bridgehead atoms. The first-order chi connectivity index (χ1) is 13.8. The predicted octanol–water partition coefficient (Wildman–Crippen LogP) is 5.25. The molecule has 0 radical (unpaired) electrons. The molecule has 1 saturated carbocycles. The average molecular weight is 367 g/mol. The number of Topliss-reactive ketones (excluding diaryl/α,β-unsaturated/α-hetero) is 1. The normalized spacial score (nSPS) is 22.6. The van der Waals surface area contributed by atoms with Crippen LogP contribution >= 0.6 is 0 Å². The van der Waals surface area contributed by atoms with Crippen LogP contribution in [0.4, 0.5) is 0 Å². The Labute approximate surface area is 166 Å². The standard InChI is InChI=1S/C26H25NO/c28-26(21-7-2-1-3-8-21)16-18-10-12-20(13-11-18)23-17-25(23)27-24-15-14-19-6-4-5-9-22(19)24/h1-13,23-25,27H,14-17H2. The number of benzene rings is 3. The molecule has 2 heteroatoms. The summed E-state index contributed by atoms with van der Waals surface area (Å²) in [6.07, 6.45) is 4.08. The van der Waals surface area contributed by atoms with Crippen LogP contribution in [0.2, 0.25) is 0 Å². The number of ketones is 1. The molecule has 140 valence electrons. The van der Waals surface area contributed by atoms with Gasteiger partial charge >= 0.3 is 0 Å². The molecule has 3 unspecified atom stereocenters. The monoisotopic (exact) mass is 367 g/mol. The van der Waals surface area contributed by atoms with Gasteiger partial charge in [-0.25, -0.2) is 0 Å². The van der Waals surface area contributed by atoms with Crippen LogP contribution < -0.4 is 5.32 Å². The van der Waals surface area contributed by atoms with Crippen LogP contribution in [0, 0.1) is 0 Å². The summed E-state index contributed by atoms with van der Waals surface area (Å²) in [6, 6.07) is 28.1. The van der Waals surface area contributed by atoms with Crippen molar-refractivity contribution in [2.75, 3.05) is 0 Å². The van der Waals surface area contributed by atoms with Crippen LogP contribution in [0.1, 0.15) is 57.4 Å². The van der Waals surface area contributed by atoms with E-state index in [-0.39, 0.29) is 5.78 Å². The number of aryl methyl sites for hydroxylation is 1. The molecule has 2 aliphatic rings. The summed E-state index contributed by atoms with van der Waals surface area (Å²) >= 11 is 0. The van der Waals surface area contributed by atoms with E-state index >= 15 is 0 Å². The second-order valence-electron chi connectivity index (χ2n) is 8.11. The number of carbonyl (C=O) groups excluding carboxylic acids is 1. The highest BCUT2D eigenvalue weighted by Crippen LogP contribution is 2.43. The minimum absolute atomic E-state index is 0.180. The Morgan fingerprint density at radius 2 is 1.64 bits per heavy atom. The van der Waals surface area contributed by atoms with Gasteiger partial charge in [0, 0.05) is 30.0 Å². The quantitative estimate of drug-likeness (QED) is 0.603. The van der Waals surface area contributed by atoms with Crippen molar-refractivity contribution in [2.45, 2.75) is 43.7 Å².